The molecule has 1 unspecified atom stereocenters. The van der Waals surface area contributed by atoms with Crippen LogP contribution in [0.1, 0.15) is 24.8 Å². The highest BCUT2D eigenvalue weighted by Gasteiger charge is 2.16. The lowest BCUT2D eigenvalue weighted by molar-refractivity contribution is -0.122. The molecule has 1 fully saturated rings. The van der Waals surface area contributed by atoms with Crippen LogP contribution in [0.5, 0.6) is 0 Å². The highest BCUT2D eigenvalue weighted by Crippen LogP contribution is 2.13. The maximum absolute atomic E-state index is 11.7. The minimum absolute atomic E-state index is 0.174. The van der Waals surface area contributed by atoms with Gasteiger partial charge in [-0.15, -0.1) is 0 Å². The molecule has 98 valence electrons. The normalized spacial score (nSPS) is 19.4. The standard InChI is InChI=1S/C14H21N3O/c18-14(9-13-4-2-7-16-11-13)17-8-5-12-3-1-6-15-10-12/h1,3,6,10,13,16H,2,4-5,7-9,11H2,(H,17,18). The van der Waals surface area contributed by atoms with Crippen molar-refractivity contribution in [1.29, 1.82) is 0 Å². The first kappa shape index (κ1) is 13.0. The van der Waals surface area contributed by atoms with Crippen LogP contribution >= 0.6 is 0 Å². The third-order valence-corrected chi connectivity index (χ3v) is 3.33. The molecule has 0 aromatic carbocycles. The first-order valence-electron chi connectivity index (χ1n) is 6.71. The largest absolute Gasteiger partial charge is 0.356 e. The minimum atomic E-state index is 0.174. The third kappa shape index (κ3) is 4.45. The second-order valence-electron chi connectivity index (χ2n) is 4.88. The predicted octanol–water partition coefficient (Wildman–Crippen LogP) is 1.13. The van der Waals surface area contributed by atoms with E-state index in [1.807, 2.05) is 18.3 Å². The summed E-state index contributed by atoms with van der Waals surface area (Å²) >= 11 is 0. The van der Waals surface area contributed by atoms with Crippen molar-refractivity contribution in [2.24, 2.45) is 5.92 Å². The monoisotopic (exact) mass is 247 g/mol. The molecule has 2 heterocycles. The molecule has 1 aliphatic heterocycles. The average Bonchev–Trinajstić information content (AvgIpc) is 2.41. The Labute approximate surface area is 108 Å². The van der Waals surface area contributed by atoms with E-state index < -0.39 is 0 Å². The Morgan fingerprint density at radius 3 is 3.22 bits per heavy atom. The summed E-state index contributed by atoms with van der Waals surface area (Å²) in [6, 6.07) is 3.95. The van der Waals surface area contributed by atoms with Crippen LogP contribution in [0, 0.1) is 5.92 Å². The van der Waals surface area contributed by atoms with E-state index in [0.29, 0.717) is 18.9 Å². The fourth-order valence-corrected chi connectivity index (χ4v) is 2.32. The number of rotatable bonds is 5. The van der Waals surface area contributed by atoms with Crippen molar-refractivity contribution in [3.8, 4) is 0 Å². The lowest BCUT2D eigenvalue weighted by Crippen LogP contribution is -2.34. The topological polar surface area (TPSA) is 54.0 Å². The van der Waals surface area contributed by atoms with Crippen LogP contribution in [0.15, 0.2) is 24.5 Å². The number of aromatic nitrogens is 1. The molecule has 1 aromatic rings. The first-order valence-corrected chi connectivity index (χ1v) is 6.71. The Morgan fingerprint density at radius 2 is 2.50 bits per heavy atom. The van der Waals surface area contributed by atoms with Gasteiger partial charge in [0, 0.05) is 25.4 Å². The summed E-state index contributed by atoms with van der Waals surface area (Å²) in [7, 11) is 0. The maximum Gasteiger partial charge on any atom is 0.220 e. The van der Waals surface area contributed by atoms with Crippen LogP contribution in [0.25, 0.3) is 0 Å². The zero-order valence-electron chi connectivity index (χ0n) is 10.7. The van der Waals surface area contributed by atoms with Crippen molar-refractivity contribution in [2.75, 3.05) is 19.6 Å². The molecule has 2 N–H and O–H groups in total. The van der Waals surface area contributed by atoms with E-state index in [1.54, 1.807) is 6.20 Å². The molecule has 0 aliphatic carbocycles. The number of carbonyl (C=O) groups excluding carboxylic acids is 1. The lowest BCUT2D eigenvalue weighted by atomic mass is 9.96. The molecule has 4 heteroatoms. The van der Waals surface area contributed by atoms with Gasteiger partial charge in [-0.3, -0.25) is 9.78 Å². The number of hydrogen-bond acceptors (Lipinski definition) is 3. The number of carbonyl (C=O) groups is 1. The smallest absolute Gasteiger partial charge is 0.220 e. The molecular formula is C14H21N3O. The third-order valence-electron chi connectivity index (χ3n) is 3.33. The van der Waals surface area contributed by atoms with Crippen LogP contribution in [0.4, 0.5) is 0 Å². The van der Waals surface area contributed by atoms with Crippen molar-refractivity contribution in [1.82, 2.24) is 15.6 Å². The van der Waals surface area contributed by atoms with Crippen LogP contribution in [0.3, 0.4) is 0 Å². The Kier molecular flexibility index (Phi) is 5.15. The van der Waals surface area contributed by atoms with Crippen molar-refractivity contribution < 1.29 is 4.79 Å². The Hall–Kier alpha value is -1.42. The van der Waals surface area contributed by atoms with Gasteiger partial charge < -0.3 is 10.6 Å². The molecule has 0 spiro atoms. The van der Waals surface area contributed by atoms with Gasteiger partial charge in [0.2, 0.25) is 5.91 Å². The van der Waals surface area contributed by atoms with Crippen LogP contribution < -0.4 is 10.6 Å². The van der Waals surface area contributed by atoms with Gasteiger partial charge in [0.1, 0.15) is 0 Å². The van der Waals surface area contributed by atoms with E-state index in [-0.39, 0.29) is 5.91 Å². The Morgan fingerprint density at radius 1 is 1.56 bits per heavy atom. The highest BCUT2D eigenvalue weighted by molar-refractivity contribution is 5.76. The number of pyridine rings is 1. The van der Waals surface area contributed by atoms with Gasteiger partial charge in [0.05, 0.1) is 0 Å². The van der Waals surface area contributed by atoms with Crippen LogP contribution in [-0.4, -0.2) is 30.5 Å². The quantitative estimate of drug-likeness (QED) is 0.820. The fourth-order valence-electron chi connectivity index (χ4n) is 2.32. The number of nitrogens with zero attached hydrogens (tertiary/aromatic N) is 1. The number of piperidine rings is 1. The predicted molar refractivity (Wildman–Crippen MR) is 71.2 cm³/mol. The van der Waals surface area contributed by atoms with Crippen LogP contribution in [0.2, 0.25) is 0 Å². The SMILES string of the molecule is O=C(CC1CCCNC1)NCCc1cccnc1. The molecule has 0 radical (unpaired) electrons. The summed E-state index contributed by atoms with van der Waals surface area (Å²) in [6.07, 6.45) is 7.47. The van der Waals surface area contributed by atoms with Crippen LogP contribution in [-0.2, 0) is 11.2 Å². The Balaban J connectivity index is 1.62. The van der Waals surface area contributed by atoms with Gasteiger partial charge >= 0.3 is 0 Å². The molecule has 1 aromatic heterocycles. The highest BCUT2D eigenvalue weighted by atomic mass is 16.1. The minimum Gasteiger partial charge on any atom is -0.356 e. The summed E-state index contributed by atoms with van der Waals surface area (Å²) in [6.45, 7) is 2.78. The van der Waals surface area contributed by atoms with Crippen molar-refractivity contribution in [2.45, 2.75) is 25.7 Å². The number of nitrogens with one attached hydrogen (secondary N) is 2. The molecule has 2 rings (SSSR count). The van der Waals surface area contributed by atoms with Gasteiger partial charge in [-0.05, 0) is 49.9 Å². The summed E-state index contributed by atoms with van der Waals surface area (Å²) in [4.78, 5) is 15.8. The number of amides is 1. The van der Waals surface area contributed by atoms with Gasteiger partial charge in [0.15, 0.2) is 0 Å². The van der Waals surface area contributed by atoms with Crippen molar-refractivity contribution in [3.05, 3.63) is 30.1 Å². The van der Waals surface area contributed by atoms with E-state index in [4.69, 9.17) is 0 Å². The first-order chi connectivity index (χ1) is 8.84. The zero-order chi connectivity index (χ0) is 12.6. The molecule has 1 saturated heterocycles. The molecular weight excluding hydrogens is 226 g/mol. The van der Waals surface area contributed by atoms with E-state index in [1.165, 1.54) is 12.8 Å². The average molecular weight is 247 g/mol. The van der Waals surface area contributed by atoms with E-state index >= 15 is 0 Å². The zero-order valence-corrected chi connectivity index (χ0v) is 10.7. The molecule has 0 saturated carbocycles. The molecule has 1 amide bonds. The molecule has 4 nitrogen and oxygen atoms in total. The molecule has 18 heavy (non-hydrogen) atoms. The molecule has 1 aliphatic rings. The Bertz CT molecular complexity index is 361. The second-order valence-corrected chi connectivity index (χ2v) is 4.88. The summed E-state index contributed by atoms with van der Waals surface area (Å²) in [5.41, 5.74) is 1.16. The summed E-state index contributed by atoms with van der Waals surface area (Å²) in [5.74, 6) is 0.685. The maximum atomic E-state index is 11.7. The van der Waals surface area contributed by atoms with Gasteiger partial charge in [-0.2, -0.15) is 0 Å². The van der Waals surface area contributed by atoms with E-state index in [2.05, 4.69) is 15.6 Å². The molecule has 1 atom stereocenters. The van der Waals surface area contributed by atoms with Gasteiger partial charge in [0.25, 0.3) is 0 Å². The fraction of sp³-hybridized carbons (Fsp3) is 0.571. The van der Waals surface area contributed by atoms with E-state index in [0.717, 1.165) is 25.1 Å². The molecule has 0 bridgehead atoms. The van der Waals surface area contributed by atoms with Crippen molar-refractivity contribution >= 4 is 5.91 Å². The lowest BCUT2D eigenvalue weighted by Gasteiger charge is -2.22. The summed E-state index contributed by atoms with van der Waals surface area (Å²) in [5, 5.41) is 6.32. The number of hydrogen-bond donors (Lipinski definition) is 2. The van der Waals surface area contributed by atoms with Gasteiger partial charge in [-0.1, -0.05) is 6.07 Å². The summed E-state index contributed by atoms with van der Waals surface area (Å²) < 4.78 is 0. The van der Waals surface area contributed by atoms with Crippen molar-refractivity contribution in [3.63, 3.8) is 0 Å². The van der Waals surface area contributed by atoms with Gasteiger partial charge in [-0.25, -0.2) is 0 Å². The second kappa shape index (κ2) is 7.11. The van der Waals surface area contributed by atoms with E-state index in [9.17, 15) is 4.79 Å².